The first-order valence-corrected chi connectivity index (χ1v) is 7.58. The number of anilines is 1. The molecule has 0 aliphatic carbocycles. The van der Waals surface area contributed by atoms with Gasteiger partial charge in [0.25, 0.3) is 0 Å². The SMILES string of the molecule is CCC(CC)(CO)CN1CCN(c2ncccn2)CC1. The number of nitrogens with zero attached hydrogens (tertiary/aromatic N) is 4. The Morgan fingerprint density at radius 3 is 2.20 bits per heavy atom. The number of aliphatic hydroxyl groups is 1. The first-order valence-electron chi connectivity index (χ1n) is 7.58. The Morgan fingerprint density at radius 2 is 1.70 bits per heavy atom. The summed E-state index contributed by atoms with van der Waals surface area (Å²) < 4.78 is 0. The van der Waals surface area contributed by atoms with Crippen molar-refractivity contribution in [1.82, 2.24) is 14.9 Å². The third-order valence-corrected chi connectivity index (χ3v) is 4.60. The molecule has 5 heteroatoms. The Labute approximate surface area is 121 Å². The van der Waals surface area contributed by atoms with E-state index in [0.717, 1.165) is 51.5 Å². The number of aliphatic hydroxyl groups excluding tert-OH is 1. The largest absolute Gasteiger partial charge is 0.396 e. The van der Waals surface area contributed by atoms with Gasteiger partial charge in [0.2, 0.25) is 5.95 Å². The lowest BCUT2D eigenvalue weighted by Gasteiger charge is -2.40. The fourth-order valence-electron chi connectivity index (χ4n) is 2.78. The van der Waals surface area contributed by atoms with Gasteiger partial charge in [-0.05, 0) is 18.9 Å². The number of piperazine rings is 1. The Morgan fingerprint density at radius 1 is 1.10 bits per heavy atom. The second-order valence-corrected chi connectivity index (χ2v) is 5.68. The molecule has 5 nitrogen and oxygen atoms in total. The van der Waals surface area contributed by atoms with Gasteiger partial charge in [0.15, 0.2) is 0 Å². The molecule has 0 aromatic carbocycles. The third kappa shape index (κ3) is 3.46. The zero-order chi connectivity index (χ0) is 14.4. The van der Waals surface area contributed by atoms with Gasteiger partial charge in [-0.3, -0.25) is 4.90 Å². The predicted molar refractivity (Wildman–Crippen MR) is 80.8 cm³/mol. The van der Waals surface area contributed by atoms with Crippen molar-refractivity contribution in [1.29, 1.82) is 0 Å². The van der Waals surface area contributed by atoms with Crippen LogP contribution in [0.2, 0.25) is 0 Å². The number of hydrogen-bond donors (Lipinski definition) is 1. The number of hydrogen-bond acceptors (Lipinski definition) is 5. The molecule has 0 amide bonds. The molecule has 0 saturated carbocycles. The predicted octanol–water partition coefficient (Wildman–Crippen LogP) is 1.40. The fourth-order valence-corrected chi connectivity index (χ4v) is 2.78. The van der Waals surface area contributed by atoms with Crippen LogP contribution in [0.1, 0.15) is 26.7 Å². The van der Waals surface area contributed by atoms with Gasteiger partial charge >= 0.3 is 0 Å². The molecule has 2 rings (SSSR count). The summed E-state index contributed by atoms with van der Waals surface area (Å²) in [7, 11) is 0. The second-order valence-electron chi connectivity index (χ2n) is 5.68. The average Bonchev–Trinajstić information content (AvgIpc) is 2.54. The molecule has 112 valence electrons. The molecule has 1 N–H and O–H groups in total. The van der Waals surface area contributed by atoms with Gasteiger partial charge in [-0.1, -0.05) is 13.8 Å². The summed E-state index contributed by atoms with van der Waals surface area (Å²) in [6, 6.07) is 1.85. The fraction of sp³-hybridized carbons (Fsp3) is 0.733. The number of aromatic nitrogens is 2. The average molecular weight is 278 g/mol. The van der Waals surface area contributed by atoms with Gasteiger partial charge < -0.3 is 10.0 Å². The zero-order valence-corrected chi connectivity index (χ0v) is 12.6. The van der Waals surface area contributed by atoms with Crippen LogP contribution in [-0.2, 0) is 0 Å². The maximum Gasteiger partial charge on any atom is 0.225 e. The van der Waals surface area contributed by atoms with Crippen LogP contribution < -0.4 is 4.90 Å². The van der Waals surface area contributed by atoms with E-state index in [2.05, 4.69) is 33.6 Å². The van der Waals surface area contributed by atoms with Gasteiger partial charge in [-0.2, -0.15) is 0 Å². The summed E-state index contributed by atoms with van der Waals surface area (Å²) in [6.45, 7) is 9.56. The zero-order valence-electron chi connectivity index (χ0n) is 12.6. The quantitative estimate of drug-likeness (QED) is 0.852. The van der Waals surface area contributed by atoms with Crippen LogP contribution in [0.4, 0.5) is 5.95 Å². The molecule has 20 heavy (non-hydrogen) atoms. The van der Waals surface area contributed by atoms with E-state index in [9.17, 15) is 5.11 Å². The van der Waals surface area contributed by atoms with E-state index in [-0.39, 0.29) is 12.0 Å². The Kier molecular flexibility index (Phi) is 5.31. The highest BCUT2D eigenvalue weighted by atomic mass is 16.3. The lowest BCUT2D eigenvalue weighted by atomic mass is 9.82. The molecule has 0 bridgehead atoms. The van der Waals surface area contributed by atoms with Gasteiger partial charge in [0, 0.05) is 57.1 Å². The van der Waals surface area contributed by atoms with E-state index in [4.69, 9.17) is 0 Å². The highest BCUT2D eigenvalue weighted by Gasteiger charge is 2.29. The molecule has 0 unspecified atom stereocenters. The molecule has 0 radical (unpaired) electrons. The Bertz CT molecular complexity index is 378. The van der Waals surface area contributed by atoms with Crippen molar-refractivity contribution in [2.75, 3.05) is 44.2 Å². The van der Waals surface area contributed by atoms with E-state index < -0.39 is 0 Å². The smallest absolute Gasteiger partial charge is 0.225 e. The van der Waals surface area contributed by atoms with Crippen molar-refractivity contribution in [2.45, 2.75) is 26.7 Å². The first kappa shape index (κ1) is 15.2. The highest BCUT2D eigenvalue weighted by Crippen LogP contribution is 2.27. The lowest BCUT2D eigenvalue weighted by Crippen LogP contribution is -2.51. The molecule has 1 aromatic heterocycles. The Balaban J connectivity index is 1.88. The monoisotopic (exact) mass is 278 g/mol. The van der Waals surface area contributed by atoms with Gasteiger partial charge in [-0.15, -0.1) is 0 Å². The Hall–Kier alpha value is -1.20. The number of rotatable bonds is 6. The third-order valence-electron chi connectivity index (χ3n) is 4.60. The summed E-state index contributed by atoms with van der Waals surface area (Å²) in [5.41, 5.74) is 0.0609. The standard InChI is InChI=1S/C15H26N4O/c1-3-15(4-2,13-20)12-18-8-10-19(11-9-18)14-16-6-5-7-17-14/h5-7,20H,3-4,8-13H2,1-2H3. The van der Waals surface area contributed by atoms with E-state index in [1.807, 2.05) is 6.07 Å². The summed E-state index contributed by atoms with van der Waals surface area (Å²) >= 11 is 0. The maximum atomic E-state index is 9.68. The summed E-state index contributed by atoms with van der Waals surface area (Å²) in [4.78, 5) is 13.3. The van der Waals surface area contributed by atoms with E-state index in [1.54, 1.807) is 12.4 Å². The molecule has 2 heterocycles. The van der Waals surface area contributed by atoms with Crippen LogP contribution >= 0.6 is 0 Å². The molecule has 1 aromatic rings. The van der Waals surface area contributed by atoms with Crippen LogP contribution in [0.3, 0.4) is 0 Å². The minimum Gasteiger partial charge on any atom is -0.396 e. The van der Waals surface area contributed by atoms with Gasteiger partial charge in [-0.25, -0.2) is 9.97 Å². The maximum absolute atomic E-state index is 9.68. The van der Waals surface area contributed by atoms with E-state index in [0.29, 0.717) is 0 Å². The minimum absolute atomic E-state index is 0.0609. The molecule has 0 atom stereocenters. The lowest BCUT2D eigenvalue weighted by molar-refractivity contribution is 0.0633. The summed E-state index contributed by atoms with van der Waals surface area (Å²) in [5, 5.41) is 9.68. The van der Waals surface area contributed by atoms with E-state index in [1.165, 1.54) is 0 Å². The van der Waals surface area contributed by atoms with E-state index >= 15 is 0 Å². The van der Waals surface area contributed by atoms with Crippen LogP contribution in [0, 0.1) is 5.41 Å². The summed E-state index contributed by atoms with van der Waals surface area (Å²) in [6.07, 6.45) is 5.64. The van der Waals surface area contributed by atoms with Crippen molar-refractivity contribution in [3.8, 4) is 0 Å². The molecule has 0 spiro atoms. The van der Waals surface area contributed by atoms with Crippen molar-refractivity contribution < 1.29 is 5.11 Å². The summed E-state index contributed by atoms with van der Waals surface area (Å²) in [5.74, 6) is 0.826. The molecule has 1 aliphatic heterocycles. The van der Waals surface area contributed by atoms with Crippen molar-refractivity contribution in [3.63, 3.8) is 0 Å². The van der Waals surface area contributed by atoms with Crippen molar-refractivity contribution >= 4 is 5.95 Å². The first-order chi connectivity index (χ1) is 9.73. The highest BCUT2D eigenvalue weighted by molar-refractivity contribution is 5.29. The second kappa shape index (κ2) is 6.99. The van der Waals surface area contributed by atoms with Crippen LogP contribution in [-0.4, -0.2) is 59.3 Å². The normalized spacial score (nSPS) is 17.4. The molecule has 1 fully saturated rings. The molecular weight excluding hydrogens is 252 g/mol. The van der Waals surface area contributed by atoms with Crippen molar-refractivity contribution in [3.05, 3.63) is 18.5 Å². The van der Waals surface area contributed by atoms with Crippen LogP contribution in [0.5, 0.6) is 0 Å². The van der Waals surface area contributed by atoms with Crippen molar-refractivity contribution in [2.24, 2.45) is 5.41 Å². The van der Waals surface area contributed by atoms with Gasteiger partial charge in [0.05, 0.1) is 0 Å². The molecule has 1 saturated heterocycles. The van der Waals surface area contributed by atoms with Crippen LogP contribution in [0.15, 0.2) is 18.5 Å². The molecule has 1 aliphatic rings. The van der Waals surface area contributed by atoms with Crippen LogP contribution in [0.25, 0.3) is 0 Å². The molecular formula is C15H26N4O. The topological polar surface area (TPSA) is 52.5 Å². The minimum atomic E-state index is 0.0609. The van der Waals surface area contributed by atoms with Gasteiger partial charge in [0.1, 0.15) is 0 Å².